The van der Waals surface area contributed by atoms with Crippen LogP contribution in [0.15, 0.2) is 24.3 Å². The van der Waals surface area contributed by atoms with Crippen molar-refractivity contribution in [2.24, 2.45) is 0 Å². The van der Waals surface area contributed by atoms with E-state index in [4.69, 9.17) is 39.6 Å². The lowest BCUT2D eigenvalue weighted by Gasteiger charge is -2.18. The molecule has 0 N–H and O–H groups in total. The Morgan fingerprint density at radius 3 is 1.87 bits per heavy atom. The Morgan fingerprint density at radius 2 is 1.33 bits per heavy atom. The molecular weight excluding hydrogens is 392 g/mol. The van der Waals surface area contributed by atoms with E-state index < -0.39 is 12.1 Å². The average molecular weight is 422 g/mol. The van der Waals surface area contributed by atoms with E-state index in [-0.39, 0.29) is 13.2 Å². The molecule has 0 amide bonds. The van der Waals surface area contributed by atoms with Crippen molar-refractivity contribution in [3.05, 3.63) is 35.4 Å². The number of carbonyl (C=O) groups is 1. The van der Waals surface area contributed by atoms with Crippen LogP contribution in [0.25, 0.3) is 0 Å². The van der Waals surface area contributed by atoms with E-state index in [1.165, 1.54) is 0 Å². The molecule has 1 aliphatic rings. The van der Waals surface area contributed by atoms with E-state index in [0.29, 0.717) is 77.2 Å². The first-order valence-electron chi connectivity index (χ1n) is 10.0. The molecule has 30 heavy (non-hydrogen) atoms. The van der Waals surface area contributed by atoms with Gasteiger partial charge in [-0.05, 0) is 24.3 Å². The first-order valence-corrected chi connectivity index (χ1v) is 10.0. The predicted molar refractivity (Wildman–Crippen MR) is 108 cm³/mol. The lowest BCUT2D eigenvalue weighted by Crippen LogP contribution is -2.29. The monoisotopic (exact) mass is 422 g/mol. The van der Waals surface area contributed by atoms with Gasteiger partial charge in [-0.2, -0.15) is 0 Å². The van der Waals surface area contributed by atoms with Gasteiger partial charge in [-0.1, -0.05) is 5.92 Å². The van der Waals surface area contributed by atoms with Gasteiger partial charge in [0.15, 0.2) is 0 Å². The number of carbonyl (C=O) groups excluding carboxylic acids is 1. The van der Waals surface area contributed by atoms with Crippen LogP contribution < -0.4 is 0 Å². The normalized spacial score (nSPS) is 21.0. The van der Waals surface area contributed by atoms with Crippen molar-refractivity contribution in [3.63, 3.8) is 0 Å². The summed E-state index contributed by atoms with van der Waals surface area (Å²) in [5.74, 6) is 2.06. The molecule has 166 valence electrons. The lowest BCUT2D eigenvalue weighted by atomic mass is 10.1. The summed E-state index contributed by atoms with van der Waals surface area (Å²) in [5, 5.41) is 0. The Kier molecular flexibility index (Phi) is 12.8. The number of benzene rings is 1. The molecular formula is C22H30O8. The Bertz CT molecular complexity index is 607. The second kappa shape index (κ2) is 15.8. The molecule has 1 aliphatic heterocycles. The fourth-order valence-corrected chi connectivity index (χ4v) is 2.47. The van der Waals surface area contributed by atoms with Crippen molar-refractivity contribution in [1.82, 2.24) is 0 Å². The van der Waals surface area contributed by atoms with Gasteiger partial charge in [0.1, 0.15) is 12.7 Å². The molecule has 1 aromatic rings. The number of esters is 1. The molecule has 0 saturated carbocycles. The van der Waals surface area contributed by atoms with Gasteiger partial charge in [-0.15, -0.1) is 6.42 Å². The third-order valence-corrected chi connectivity index (χ3v) is 4.06. The second-order valence-corrected chi connectivity index (χ2v) is 6.34. The van der Waals surface area contributed by atoms with Crippen molar-refractivity contribution < 1.29 is 38.0 Å². The summed E-state index contributed by atoms with van der Waals surface area (Å²) in [6.45, 7) is 4.92. The maximum atomic E-state index is 12.2. The van der Waals surface area contributed by atoms with Crippen LogP contribution in [0.4, 0.5) is 0 Å². The van der Waals surface area contributed by atoms with Gasteiger partial charge < -0.3 is 33.2 Å². The standard InChI is InChI=1S/C22H30O8/c1-2-19-3-5-20(6-4-19)22(23)30-18-21-17-28-14-13-26-10-9-24-7-8-25-11-12-27-15-16-29-21/h1,3-6,21H,7-18H2. The first kappa shape index (κ1) is 24.3. The van der Waals surface area contributed by atoms with Crippen LogP contribution in [-0.2, 0) is 33.2 Å². The summed E-state index contributed by atoms with van der Waals surface area (Å²) in [4.78, 5) is 12.2. The minimum Gasteiger partial charge on any atom is -0.459 e. The molecule has 8 heteroatoms. The highest BCUT2D eigenvalue weighted by molar-refractivity contribution is 5.89. The fraction of sp³-hybridized carbons (Fsp3) is 0.591. The Morgan fingerprint density at radius 1 is 0.833 bits per heavy atom. The summed E-state index contributed by atoms with van der Waals surface area (Å²) >= 11 is 0. The summed E-state index contributed by atoms with van der Waals surface area (Å²) in [6.07, 6.45) is 4.91. The van der Waals surface area contributed by atoms with E-state index in [9.17, 15) is 4.79 Å². The molecule has 8 nitrogen and oxygen atoms in total. The molecule has 1 atom stereocenters. The Hall–Kier alpha value is -1.99. The molecule has 1 aromatic carbocycles. The fourth-order valence-electron chi connectivity index (χ4n) is 2.47. The molecule has 0 radical (unpaired) electrons. The summed E-state index contributed by atoms with van der Waals surface area (Å²) < 4.78 is 38.4. The van der Waals surface area contributed by atoms with Crippen molar-refractivity contribution in [1.29, 1.82) is 0 Å². The maximum Gasteiger partial charge on any atom is 0.338 e. The number of terminal acetylenes is 1. The largest absolute Gasteiger partial charge is 0.459 e. The van der Waals surface area contributed by atoms with Gasteiger partial charge in [0.05, 0.1) is 78.2 Å². The van der Waals surface area contributed by atoms with Crippen LogP contribution >= 0.6 is 0 Å². The van der Waals surface area contributed by atoms with Crippen LogP contribution in [0.1, 0.15) is 15.9 Å². The maximum absolute atomic E-state index is 12.2. The number of hydrogen-bond acceptors (Lipinski definition) is 8. The van der Waals surface area contributed by atoms with Crippen molar-refractivity contribution in [2.45, 2.75) is 6.10 Å². The zero-order valence-corrected chi connectivity index (χ0v) is 17.2. The van der Waals surface area contributed by atoms with Gasteiger partial charge >= 0.3 is 5.97 Å². The molecule has 1 unspecified atom stereocenters. The highest BCUT2D eigenvalue weighted by atomic mass is 16.6. The number of rotatable bonds is 3. The van der Waals surface area contributed by atoms with Crippen LogP contribution in [-0.4, -0.2) is 91.4 Å². The zero-order chi connectivity index (χ0) is 21.3. The third-order valence-electron chi connectivity index (χ3n) is 4.06. The van der Waals surface area contributed by atoms with Crippen LogP contribution in [0.3, 0.4) is 0 Å². The van der Waals surface area contributed by atoms with E-state index in [2.05, 4.69) is 5.92 Å². The average Bonchev–Trinajstić information content (AvgIpc) is 2.78. The van der Waals surface area contributed by atoms with Crippen molar-refractivity contribution >= 4 is 5.97 Å². The van der Waals surface area contributed by atoms with E-state index in [0.717, 1.165) is 0 Å². The van der Waals surface area contributed by atoms with Crippen LogP contribution in [0, 0.1) is 12.3 Å². The van der Waals surface area contributed by atoms with E-state index >= 15 is 0 Å². The van der Waals surface area contributed by atoms with Gasteiger partial charge in [-0.25, -0.2) is 4.79 Å². The topological polar surface area (TPSA) is 81.7 Å². The van der Waals surface area contributed by atoms with Crippen molar-refractivity contribution in [3.8, 4) is 12.3 Å². The molecule has 0 spiro atoms. The van der Waals surface area contributed by atoms with Gasteiger partial charge in [0.25, 0.3) is 0 Å². The van der Waals surface area contributed by atoms with E-state index in [1.807, 2.05) is 0 Å². The number of hydrogen-bond donors (Lipinski definition) is 0. The summed E-state index contributed by atoms with van der Waals surface area (Å²) in [5.41, 5.74) is 1.13. The highest BCUT2D eigenvalue weighted by Crippen LogP contribution is 2.06. The molecule has 0 aliphatic carbocycles. The van der Waals surface area contributed by atoms with E-state index in [1.54, 1.807) is 24.3 Å². The summed E-state index contributed by atoms with van der Waals surface area (Å²) in [7, 11) is 0. The summed E-state index contributed by atoms with van der Waals surface area (Å²) in [6, 6.07) is 6.66. The lowest BCUT2D eigenvalue weighted by molar-refractivity contribution is -0.0772. The quantitative estimate of drug-likeness (QED) is 0.533. The Labute approximate surface area is 177 Å². The molecule has 1 saturated heterocycles. The molecule has 1 fully saturated rings. The Balaban J connectivity index is 1.76. The highest BCUT2D eigenvalue weighted by Gasteiger charge is 2.15. The molecule has 0 bridgehead atoms. The minimum absolute atomic E-state index is 0.0630. The molecule has 2 rings (SSSR count). The third kappa shape index (κ3) is 10.7. The smallest absolute Gasteiger partial charge is 0.338 e. The van der Waals surface area contributed by atoms with Crippen LogP contribution in [0.5, 0.6) is 0 Å². The second-order valence-electron chi connectivity index (χ2n) is 6.34. The zero-order valence-electron chi connectivity index (χ0n) is 17.2. The van der Waals surface area contributed by atoms with Gasteiger partial charge in [0.2, 0.25) is 0 Å². The number of ether oxygens (including phenoxy) is 7. The van der Waals surface area contributed by atoms with Crippen molar-refractivity contribution in [2.75, 3.05) is 79.3 Å². The SMILES string of the molecule is C#Cc1ccc(C(=O)OCC2COCCOCCOCCOCCOCCO2)cc1. The molecule has 0 aromatic heterocycles. The van der Waals surface area contributed by atoms with Gasteiger partial charge in [0, 0.05) is 5.56 Å². The minimum atomic E-state index is -0.446. The van der Waals surface area contributed by atoms with Gasteiger partial charge in [-0.3, -0.25) is 0 Å². The predicted octanol–water partition coefficient (Wildman–Crippen LogP) is 1.31. The molecule has 1 heterocycles. The van der Waals surface area contributed by atoms with Crippen LogP contribution in [0.2, 0.25) is 0 Å². The first-order chi connectivity index (χ1) is 14.8.